The minimum Gasteiger partial charge on any atom is -0.314 e. The first kappa shape index (κ1) is 19.3. The Bertz CT molecular complexity index is 771. The Balaban J connectivity index is 0.00000208. The van der Waals surface area contributed by atoms with Crippen molar-refractivity contribution in [3.63, 3.8) is 0 Å². The van der Waals surface area contributed by atoms with Crippen LogP contribution in [0.25, 0.3) is 10.6 Å². The molecule has 1 saturated heterocycles. The molecule has 2 N–H and O–H groups in total. The zero-order valence-corrected chi connectivity index (χ0v) is 15.9. The molecule has 5 nitrogen and oxygen atoms in total. The Labute approximate surface area is 153 Å². The van der Waals surface area contributed by atoms with Crippen molar-refractivity contribution in [3.8, 4) is 10.6 Å². The van der Waals surface area contributed by atoms with Gasteiger partial charge in [0.15, 0.2) is 0 Å². The molecule has 0 amide bonds. The van der Waals surface area contributed by atoms with Gasteiger partial charge in [0.25, 0.3) is 0 Å². The molecule has 0 unspecified atom stereocenters. The molecule has 0 radical (unpaired) electrons. The molecular formula is C16H22ClN3O2S2. The van der Waals surface area contributed by atoms with E-state index in [0.717, 1.165) is 35.7 Å². The summed E-state index contributed by atoms with van der Waals surface area (Å²) in [5.41, 5.74) is 1.78. The van der Waals surface area contributed by atoms with E-state index in [2.05, 4.69) is 15.0 Å². The van der Waals surface area contributed by atoms with Gasteiger partial charge in [-0.25, -0.2) is 18.1 Å². The number of halogens is 1. The van der Waals surface area contributed by atoms with Gasteiger partial charge >= 0.3 is 0 Å². The molecule has 1 aliphatic heterocycles. The lowest BCUT2D eigenvalue weighted by Crippen LogP contribution is -2.30. The van der Waals surface area contributed by atoms with Gasteiger partial charge in [0.2, 0.25) is 10.0 Å². The van der Waals surface area contributed by atoms with E-state index < -0.39 is 10.0 Å². The molecule has 8 heteroatoms. The molecule has 0 bridgehead atoms. The normalized spacial score (nSPS) is 17.6. The first-order valence-electron chi connectivity index (χ1n) is 7.80. The van der Waals surface area contributed by atoms with E-state index in [9.17, 15) is 8.42 Å². The van der Waals surface area contributed by atoms with Crippen LogP contribution < -0.4 is 10.0 Å². The second-order valence-electron chi connectivity index (χ2n) is 5.80. The molecule has 0 aliphatic carbocycles. The molecule has 2 aromatic rings. The van der Waals surface area contributed by atoms with Crippen LogP contribution in [0.15, 0.2) is 34.5 Å². The average molecular weight is 388 g/mol. The summed E-state index contributed by atoms with van der Waals surface area (Å²) < 4.78 is 27.6. The summed E-state index contributed by atoms with van der Waals surface area (Å²) in [4.78, 5) is 4.71. The SMILES string of the molecule is Cc1csc(-c2cccc(S(=O)(=O)NCC[C@H]3CCCN3)c2)n1.Cl. The standard InChI is InChI=1S/C16H21N3O2S2.ClH/c1-12-11-22-16(19-12)13-4-2-6-15(10-13)23(20,21)18-9-7-14-5-3-8-17-14;/h2,4,6,10-11,14,17-18H,3,5,7-9H2,1H3;1H/t14-;/m1./s1. The fourth-order valence-corrected chi connectivity index (χ4v) is 4.62. The molecule has 3 rings (SSSR count). The van der Waals surface area contributed by atoms with Crippen molar-refractivity contribution < 1.29 is 8.42 Å². The van der Waals surface area contributed by atoms with E-state index >= 15 is 0 Å². The zero-order valence-electron chi connectivity index (χ0n) is 13.5. The number of thiazole rings is 1. The summed E-state index contributed by atoms with van der Waals surface area (Å²) in [6, 6.07) is 7.40. The molecule has 1 aliphatic rings. The van der Waals surface area contributed by atoms with E-state index in [1.165, 1.54) is 17.8 Å². The van der Waals surface area contributed by atoms with Crippen molar-refractivity contribution in [2.24, 2.45) is 0 Å². The highest BCUT2D eigenvalue weighted by atomic mass is 35.5. The van der Waals surface area contributed by atoms with Crippen LogP contribution in [0.4, 0.5) is 0 Å². The molecule has 0 saturated carbocycles. The number of hydrogen-bond donors (Lipinski definition) is 2. The van der Waals surface area contributed by atoms with E-state index in [1.54, 1.807) is 18.2 Å². The Hall–Kier alpha value is -0.990. The van der Waals surface area contributed by atoms with Crippen molar-refractivity contribution >= 4 is 33.8 Å². The Kier molecular flexibility index (Phi) is 6.77. The molecule has 1 atom stereocenters. The Morgan fingerprint density at radius 3 is 2.92 bits per heavy atom. The zero-order chi connectivity index (χ0) is 16.3. The summed E-state index contributed by atoms with van der Waals surface area (Å²) in [6.45, 7) is 3.42. The number of rotatable bonds is 6. The van der Waals surface area contributed by atoms with Crippen LogP contribution in [0.1, 0.15) is 25.0 Å². The van der Waals surface area contributed by atoms with Gasteiger partial charge in [0, 0.05) is 29.2 Å². The maximum absolute atomic E-state index is 12.4. The number of nitrogens with zero attached hydrogens (tertiary/aromatic N) is 1. The van der Waals surface area contributed by atoms with Gasteiger partial charge in [-0.15, -0.1) is 23.7 Å². The monoisotopic (exact) mass is 387 g/mol. The Morgan fingerprint density at radius 2 is 2.25 bits per heavy atom. The van der Waals surface area contributed by atoms with Crippen LogP contribution in [0, 0.1) is 6.92 Å². The minimum absolute atomic E-state index is 0. The summed E-state index contributed by atoms with van der Waals surface area (Å²) in [5.74, 6) is 0. The lowest BCUT2D eigenvalue weighted by Gasteiger charge is -2.11. The molecule has 1 fully saturated rings. The van der Waals surface area contributed by atoms with Gasteiger partial charge in [-0.05, 0) is 44.9 Å². The van der Waals surface area contributed by atoms with Crippen LogP contribution in [-0.2, 0) is 10.0 Å². The molecule has 1 aromatic carbocycles. The number of nitrogens with one attached hydrogen (secondary N) is 2. The lowest BCUT2D eigenvalue weighted by molar-refractivity contribution is 0.539. The third-order valence-electron chi connectivity index (χ3n) is 3.96. The van der Waals surface area contributed by atoms with Crippen molar-refractivity contribution in [2.45, 2.75) is 37.1 Å². The van der Waals surface area contributed by atoms with Crippen LogP contribution in [0.3, 0.4) is 0 Å². The fraction of sp³-hybridized carbons (Fsp3) is 0.438. The highest BCUT2D eigenvalue weighted by Gasteiger charge is 2.18. The summed E-state index contributed by atoms with van der Waals surface area (Å²) in [7, 11) is -3.48. The van der Waals surface area contributed by atoms with Gasteiger partial charge in [-0.1, -0.05) is 12.1 Å². The van der Waals surface area contributed by atoms with Crippen LogP contribution in [0.2, 0.25) is 0 Å². The predicted molar refractivity (Wildman–Crippen MR) is 100 cm³/mol. The van der Waals surface area contributed by atoms with Crippen LogP contribution in [0.5, 0.6) is 0 Å². The van der Waals surface area contributed by atoms with Gasteiger partial charge in [-0.3, -0.25) is 0 Å². The highest BCUT2D eigenvalue weighted by Crippen LogP contribution is 2.25. The number of sulfonamides is 1. The van der Waals surface area contributed by atoms with Gasteiger partial charge < -0.3 is 5.32 Å². The summed E-state index contributed by atoms with van der Waals surface area (Å²) >= 11 is 1.52. The highest BCUT2D eigenvalue weighted by molar-refractivity contribution is 7.89. The first-order valence-corrected chi connectivity index (χ1v) is 10.2. The third-order valence-corrected chi connectivity index (χ3v) is 6.43. The van der Waals surface area contributed by atoms with Crippen molar-refractivity contribution in [1.29, 1.82) is 0 Å². The van der Waals surface area contributed by atoms with E-state index in [4.69, 9.17) is 0 Å². The number of aryl methyl sites for hydroxylation is 1. The second kappa shape index (κ2) is 8.40. The van der Waals surface area contributed by atoms with Gasteiger partial charge in [-0.2, -0.15) is 0 Å². The maximum atomic E-state index is 12.4. The maximum Gasteiger partial charge on any atom is 0.240 e. The van der Waals surface area contributed by atoms with Crippen molar-refractivity contribution in [2.75, 3.05) is 13.1 Å². The third kappa shape index (κ3) is 4.77. The second-order valence-corrected chi connectivity index (χ2v) is 8.43. The predicted octanol–water partition coefficient (Wildman–Crippen LogP) is 2.96. The fourth-order valence-electron chi connectivity index (χ4n) is 2.74. The molecule has 1 aromatic heterocycles. The molecule has 0 spiro atoms. The molecule has 132 valence electrons. The van der Waals surface area contributed by atoms with Crippen molar-refractivity contribution in [3.05, 3.63) is 35.3 Å². The summed E-state index contributed by atoms with van der Waals surface area (Å²) in [5, 5.41) is 6.18. The number of benzene rings is 1. The van der Waals surface area contributed by atoms with Gasteiger partial charge in [0.1, 0.15) is 5.01 Å². The van der Waals surface area contributed by atoms with E-state index in [1.807, 2.05) is 18.4 Å². The quantitative estimate of drug-likeness (QED) is 0.799. The van der Waals surface area contributed by atoms with E-state index in [0.29, 0.717) is 17.5 Å². The molecular weight excluding hydrogens is 366 g/mol. The first-order chi connectivity index (χ1) is 11.0. The number of aromatic nitrogens is 1. The van der Waals surface area contributed by atoms with Crippen LogP contribution >= 0.6 is 23.7 Å². The van der Waals surface area contributed by atoms with Crippen LogP contribution in [-0.4, -0.2) is 32.5 Å². The Morgan fingerprint density at radius 1 is 1.42 bits per heavy atom. The number of hydrogen-bond acceptors (Lipinski definition) is 5. The molecule has 24 heavy (non-hydrogen) atoms. The average Bonchev–Trinajstić information content (AvgIpc) is 3.19. The van der Waals surface area contributed by atoms with E-state index in [-0.39, 0.29) is 12.4 Å². The smallest absolute Gasteiger partial charge is 0.240 e. The van der Waals surface area contributed by atoms with Gasteiger partial charge in [0.05, 0.1) is 4.90 Å². The molecule has 2 heterocycles. The lowest BCUT2D eigenvalue weighted by atomic mass is 10.2. The topological polar surface area (TPSA) is 71.1 Å². The van der Waals surface area contributed by atoms with Crippen molar-refractivity contribution in [1.82, 2.24) is 15.0 Å². The minimum atomic E-state index is -3.48. The summed E-state index contributed by atoms with van der Waals surface area (Å²) in [6.07, 6.45) is 3.12. The largest absolute Gasteiger partial charge is 0.314 e.